The molecular formula is C22H21F2NO5. The molecule has 0 saturated carbocycles. The molecule has 0 atom stereocenters. The van der Waals surface area contributed by atoms with Gasteiger partial charge in [-0.1, -0.05) is 0 Å². The zero-order valence-corrected chi connectivity index (χ0v) is 16.5. The summed E-state index contributed by atoms with van der Waals surface area (Å²) >= 11 is 0. The predicted molar refractivity (Wildman–Crippen MR) is 106 cm³/mol. The number of nitrogens with one attached hydrogen (secondary N) is 1. The summed E-state index contributed by atoms with van der Waals surface area (Å²) in [5, 5.41) is 2.68. The van der Waals surface area contributed by atoms with E-state index < -0.39 is 12.5 Å². The minimum absolute atomic E-state index is 0.0206. The molecule has 0 saturated heterocycles. The highest BCUT2D eigenvalue weighted by Gasteiger charge is 2.14. The third-order valence-electron chi connectivity index (χ3n) is 4.07. The maximum atomic E-state index is 12.4. The number of alkyl halides is 2. The zero-order chi connectivity index (χ0) is 21.5. The standard InChI is InChI=1S/C22H21F2NO5/c1-3-27-15-4-6-16(7-5-15)28-13-18-9-11-20(29-18)21(26)25-19-10-8-17(12-14(19)2)30-22(23)24/h4-12,22H,3,13H2,1-2H3,(H,25,26). The molecule has 0 fully saturated rings. The van der Waals surface area contributed by atoms with Crippen LogP contribution in [0.2, 0.25) is 0 Å². The van der Waals surface area contributed by atoms with E-state index in [4.69, 9.17) is 13.9 Å². The average Bonchev–Trinajstić information content (AvgIpc) is 3.18. The van der Waals surface area contributed by atoms with E-state index in [1.54, 1.807) is 37.3 Å². The van der Waals surface area contributed by atoms with Crippen molar-refractivity contribution < 1.29 is 32.2 Å². The Kier molecular flexibility index (Phi) is 6.90. The molecule has 0 aliphatic rings. The van der Waals surface area contributed by atoms with Crippen molar-refractivity contribution in [1.82, 2.24) is 0 Å². The summed E-state index contributed by atoms with van der Waals surface area (Å²) in [5.74, 6) is 1.53. The number of hydrogen-bond acceptors (Lipinski definition) is 5. The van der Waals surface area contributed by atoms with Crippen molar-refractivity contribution in [3.63, 3.8) is 0 Å². The van der Waals surface area contributed by atoms with Crippen LogP contribution in [0.15, 0.2) is 59.0 Å². The minimum Gasteiger partial charge on any atom is -0.494 e. The van der Waals surface area contributed by atoms with Gasteiger partial charge in [0.1, 0.15) is 29.6 Å². The summed E-state index contributed by atoms with van der Waals surface area (Å²) in [5.41, 5.74) is 1.04. The number of amides is 1. The topological polar surface area (TPSA) is 69.9 Å². The van der Waals surface area contributed by atoms with Gasteiger partial charge >= 0.3 is 6.61 Å². The predicted octanol–water partition coefficient (Wildman–Crippen LogP) is 5.42. The van der Waals surface area contributed by atoms with Crippen LogP contribution in [-0.4, -0.2) is 19.1 Å². The Labute approximate surface area is 172 Å². The highest BCUT2D eigenvalue weighted by atomic mass is 19.3. The fourth-order valence-electron chi connectivity index (χ4n) is 2.67. The lowest BCUT2D eigenvalue weighted by Gasteiger charge is -2.10. The van der Waals surface area contributed by atoms with Crippen LogP contribution >= 0.6 is 0 Å². The largest absolute Gasteiger partial charge is 0.494 e. The van der Waals surface area contributed by atoms with Crippen molar-refractivity contribution >= 4 is 11.6 Å². The second-order valence-corrected chi connectivity index (χ2v) is 6.27. The first kappa shape index (κ1) is 21.2. The van der Waals surface area contributed by atoms with Crippen molar-refractivity contribution in [2.75, 3.05) is 11.9 Å². The first-order chi connectivity index (χ1) is 14.4. The van der Waals surface area contributed by atoms with Crippen LogP contribution in [0.4, 0.5) is 14.5 Å². The molecule has 0 bridgehead atoms. The summed E-state index contributed by atoms with van der Waals surface area (Å²) in [6.45, 7) is 1.42. The molecule has 1 heterocycles. The lowest BCUT2D eigenvalue weighted by molar-refractivity contribution is -0.0498. The van der Waals surface area contributed by atoms with E-state index in [1.165, 1.54) is 24.3 Å². The highest BCUT2D eigenvalue weighted by molar-refractivity contribution is 6.02. The van der Waals surface area contributed by atoms with Gasteiger partial charge in [0.05, 0.1) is 6.61 Å². The second kappa shape index (κ2) is 9.78. The van der Waals surface area contributed by atoms with Crippen molar-refractivity contribution in [3.05, 3.63) is 71.7 Å². The number of furan rings is 1. The molecule has 0 spiro atoms. The van der Waals surface area contributed by atoms with Crippen LogP contribution < -0.4 is 19.5 Å². The van der Waals surface area contributed by atoms with Gasteiger partial charge in [-0.3, -0.25) is 4.79 Å². The smallest absolute Gasteiger partial charge is 0.387 e. The molecule has 0 aliphatic heterocycles. The Bertz CT molecular complexity index is 985. The first-order valence-corrected chi connectivity index (χ1v) is 9.25. The SMILES string of the molecule is CCOc1ccc(OCc2ccc(C(=O)Nc3ccc(OC(F)F)cc3C)o2)cc1. The summed E-state index contributed by atoms with van der Waals surface area (Å²) in [6, 6.07) is 14.6. The van der Waals surface area contributed by atoms with E-state index in [0.717, 1.165) is 5.75 Å². The zero-order valence-electron chi connectivity index (χ0n) is 16.5. The number of ether oxygens (including phenoxy) is 3. The van der Waals surface area contributed by atoms with Crippen LogP contribution in [0, 0.1) is 6.92 Å². The van der Waals surface area contributed by atoms with Gasteiger partial charge in [0.15, 0.2) is 5.76 Å². The number of halogens is 2. The second-order valence-electron chi connectivity index (χ2n) is 6.27. The molecule has 1 aromatic heterocycles. The normalized spacial score (nSPS) is 10.7. The monoisotopic (exact) mass is 417 g/mol. The van der Waals surface area contributed by atoms with E-state index in [-0.39, 0.29) is 18.1 Å². The Morgan fingerprint density at radius 2 is 1.67 bits per heavy atom. The Morgan fingerprint density at radius 1 is 1.00 bits per heavy atom. The van der Waals surface area contributed by atoms with E-state index in [0.29, 0.717) is 29.4 Å². The molecule has 0 aliphatic carbocycles. The molecule has 0 unspecified atom stereocenters. The molecule has 0 radical (unpaired) electrons. The van der Waals surface area contributed by atoms with E-state index in [1.807, 2.05) is 6.92 Å². The van der Waals surface area contributed by atoms with E-state index >= 15 is 0 Å². The molecule has 2 aromatic carbocycles. The highest BCUT2D eigenvalue weighted by Crippen LogP contribution is 2.24. The van der Waals surface area contributed by atoms with E-state index in [9.17, 15) is 13.6 Å². The summed E-state index contributed by atoms with van der Waals surface area (Å²) in [6.07, 6.45) is 0. The molecule has 3 aromatic rings. The summed E-state index contributed by atoms with van der Waals surface area (Å²) < 4.78 is 45.5. The molecule has 6 nitrogen and oxygen atoms in total. The molecule has 30 heavy (non-hydrogen) atoms. The van der Waals surface area contributed by atoms with Crippen LogP contribution in [0.1, 0.15) is 28.8 Å². The van der Waals surface area contributed by atoms with E-state index in [2.05, 4.69) is 10.1 Å². The number of benzene rings is 2. The number of hydrogen-bond donors (Lipinski definition) is 1. The summed E-state index contributed by atoms with van der Waals surface area (Å²) in [7, 11) is 0. The number of rotatable bonds is 9. The minimum atomic E-state index is -2.91. The Balaban J connectivity index is 1.57. The first-order valence-electron chi connectivity index (χ1n) is 9.25. The molecule has 3 rings (SSSR count). The van der Waals surface area contributed by atoms with Gasteiger partial charge in [-0.05, 0) is 74.0 Å². The number of anilines is 1. The number of carbonyl (C=O) groups is 1. The van der Waals surface area contributed by atoms with Crippen LogP contribution in [0.25, 0.3) is 0 Å². The number of carbonyl (C=O) groups excluding carboxylic acids is 1. The lowest BCUT2D eigenvalue weighted by atomic mass is 10.2. The van der Waals surface area contributed by atoms with Gasteiger partial charge in [0, 0.05) is 5.69 Å². The molecular weight excluding hydrogens is 396 g/mol. The van der Waals surface area contributed by atoms with Crippen molar-refractivity contribution in [2.45, 2.75) is 27.1 Å². The van der Waals surface area contributed by atoms with Crippen molar-refractivity contribution in [3.8, 4) is 17.2 Å². The molecule has 1 amide bonds. The maximum Gasteiger partial charge on any atom is 0.387 e. The van der Waals surface area contributed by atoms with Crippen LogP contribution in [0.5, 0.6) is 17.2 Å². The third-order valence-corrected chi connectivity index (χ3v) is 4.07. The Hall–Kier alpha value is -3.55. The fraction of sp³-hybridized carbons (Fsp3) is 0.227. The third kappa shape index (κ3) is 5.73. The molecule has 8 heteroatoms. The van der Waals surface area contributed by atoms with Gasteiger partial charge < -0.3 is 23.9 Å². The van der Waals surface area contributed by atoms with Gasteiger partial charge in [0.2, 0.25) is 0 Å². The quantitative estimate of drug-likeness (QED) is 0.503. The van der Waals surface area contributed by atoms with Crippen LogP contribution in [-0.2, 0) is 6.61 Å². The molecule has 1 N–H and O–H groups in total. The van der Waals surface area contributed by atoms with Crippen molar-refractivity contribution in [1.29, 1.82) is 0 Å². The number of aryl methyl sites for hydroxylation is 1. The molecule has 158 valence electrons. The average molecular weight is 417 g/mol. The Morgan fingerprint density at radius 3 is 2.30 bits per heavy atom. The van der Waals surface area contributed by atoms with Gasteiger partial charge in [-0.2, -0.15) is 8.78 Å². The fourth-order valence-corrected chi connectivity index (χ4v) is 2.67. The van der Waals surface area contributed by atoms with Crippen molar-refractivity contribution in [2.24, 2.45) is 0 Å². The summed E-state index contributed by atoms with van der Waals surface area (Å²) in [4.78, 5) is 12.4. The van der Waals surface area contributed by atoms with Gasteiger partial charge in [-0.15, -0.1) is 0 Å². The maximum absolute atomic E-state index is 12.4. The lowest BCUT2D eigenvalue weighted by Crippen LogP contribution is -2.12. The van der Waals surface area contributed by atoms with Gasteiger partial charge in [0.25, 0.3) is 5.91 Å². The van der Waals surface area contributed by atoms with Gasteiger partial charge in [-0.25, -0.2) is 0 Å². The van der Waals surface area contributed by atoms with Crippen LogP contribution in [0.3, 0.4) is 0 Å².